The molecule has 6 nitrogen and oxygen atoms in total. The van der Waals surface area contributed by atoms with Crippen LogP contribution in [0, 0.1) is 11.8 Å². The van der Waals surface area contributed by atoms with Crippen LogP contribution in [0.15, 0.2) is 6.33 Å². The quantitative estimate of drug-likeness (QED) is 0.786. The van der Waals surface area contributed by atoms with Crippen LogP contribution in [-0.2, 0) is 0 Å². The van der Waals surface area contributed by atoms with E-state index in [1.54, 1.807) is 6.33 Å². The zero-order valence-corrected chi connectivity index (χ0v) is 11.3. The molecule has 1 fully saturated rings. The van der Waals surface area contributed by atoms with Crippen LogP contribution in [0.4, 0.5) is 11.8 Å². The molecule has 6 heteroatoms. The Morgan fingerprint density at radius 2 is 2.26 bits per heavy atom. The highest BCUT2D eigenvalue weighted by molar-refractivity contribution is 5.83. The number of aromatic amines is 1. The molecule has 0 radical (unpaired) electrons. The second-order valence-corrected chi connectivity index (χ2v) is 5.39. The minimum Gasteiger partial charge on any atom is -0.368 e. The standard InChI is InChI=1S/C13H20N6/c1-3-8-4-5-9(7(8)2)17-12-10-11(16-6-15-10)18-13(14)19-12/h6-9H,3-5H2,1-2H3,(H4,14,15,16,17,18,19). The third-order valence-electron chi connectivity index (χ3n) is 4.38. The average molecular weight is 260 g/mol. The number of aromatic nitrogens is 4. The fraction of sp³-hybridized carbons (Fsp3) is 0.615. The number of rotatable bonds is 3. The highest BCUT2D eigenvalue weighted by Gasteiger charge is 2.32. The molecule has 3 unspecified atom stereocenters. The van der Waals surface area contributed by atoms with E-state index in [4.69, 9.17) is 5.73 Å². The van der Waals surface area contributed by atoms with Gasteiger partial charge < -0.3 is 16.0 Å². The first-order valence-corrected chi connectivity index (χ1v) is 6.92. The summed E-state index contributed by atoms with van der Waals surface area (Å²) >= 11 is 0. The number of imidazole rings is 1. The minimum atomic E-state index is 0.264. The van der Waals surface area contributed by atoms with Crippen LogP contribution >= 0.6 is 0 Å². The van der Waals surface area contributed by atoms with Crippen molar-refractivity contribution in [1.29, 1.82) is 0 Å². The number of fused-ring (bicyclic) bond motifs is 1. The molecule has 2 aromatic rings. The van der Waals surface area contributed by atoms with E-state index in [1.165, 1.54) is 19.3 Å². The maximum atomic E-state index is 5.73. The summed E-state index contributed by atoms with van der Waals surface area (Å²) in [5.41, 5.74) is 7.18. The van der Waals surface area contributed by atoms with Crippen molar-refractivity contribution in [1.82, 2.24) is 19.9 Å². The largest absolute Gasteiger partial charge is 0.368 e. The summed E-state index contributed by atoms with van der Waals surface area (Å²) in [4.78, 5) is 15.6. The van der Waals surface area contributed by atoms with Crippen LogP contribution in [0.2, 0.25) is 0 Å². The third-order valence-corrected chi connectivity index (χ3v) is 4.38. The highest BCUT2D eigenvalue weighted by atomic mass is 15.1. The van der Waals surface area contributed by atoms with Gasteiger partial charge in [0.25, 0.3) is 0 Å². The number of nitrogens with two attached hydrogens (primary N) is 1. The number of hydrogen-bond acceptors (Lipinski definition) is 5. The van der Waals surface area contributed by atoms with Gasteiger partial charge in [0.15, 0.2) is 11.5 Å². The van der Waals surface area contributed by atoms with E-state index in [1.807, 2.05) is 0 Å². The van der Waals surface area contributed by atoms with Gasteiger partial charge in [0.05, 0.1) is 6.33 Å². The zero-order chi connectivity index (χ0) is 13.4. The van der Waals surface area contributed by atoms with E-state index in [2.05, 4.69) is 39.1 Å². The number of anilines is 2. The molecule has 0 spiro atoms. The molecule has 1 aliphatic rings. The smallest absolute Gasteiger partial charge is 0.224 e. The van der Waals surface area contributed by atoms with Crippen LogP contribution in [-0.4, -0.2) is 26.0 Å². The van der Waals surface area contributed by atoms with E-state index >= 15 is 0 Å². The molecule has 0 aromatic carbocycles. The molecule has 3 atom stereocenters. The van der Waals surface area contributed by atoms with Crippen molar-refractivity contribution in [3.63, 3.8) is 0 Å². The molecule has 0 bridgehead atoms. The number of hydrogen-bond donors (Lipinski definition) is 3. The first kappa shape index (κ1) is 12.2. The number of nitrogen functional groups attached to an aromatic ring is 1. The van der Waals surface area contributed by atoms with Crippen molar-refractivity contribution in [3.8, 4) is 0 Å². The number of H-pyrrole nitrogens is 1. The first-order chi connectivity index (χ1) is 9.19. The highest BCUT2D eigenvalue weighted by Crippen LogP contribution is 2.36. The Hall–Kier alpha value is -1.85. The van der Waals surface area contributed by atoms with E-state index in [9.17, 15) is 0 Å². The van der Waals surface area contributed by atoms with Crippen LogP contribution in [0.5, 0.6) is 0 Å². The lowest BCUT2D eigenvalue weighted by Crippen LogP contribution is -2.25. The molecule has 4 N–H and O–H groups in total. The van der Waals surface area contributed by atoms with Crippen molar-refractivity contribution < 1.29 is 0 Å². The fourth-order valence-corrected chi connectivity index (χ4v) is 3.16. The Bertz CT molecular complexity index is 578. The topological polar surface area (TPSA) is 92.5 Å². The fourth-order valence-electron chi connectivity index (χ4n) is 3.16. The van der Waals surface area contributed by atoms with Crippen molar-refractivity contribution in [2.75, 3.05) is 11.1 Å². The first-order valence-electron chi connectivity index (χ1n) is 6.92. The Balaban J connectivity index is 1.87. The van der Waals surface area contributed by atoms with Crippen LogP contribution in [0.25, 0.3) is 11.2 Å². The van der Waals surface area contributed by atoms with Crippen molar-refractivity contribution in [2.45, 2.75) is 39.2 Å². The third kappa shape index (κ3) is 2.11. The molecular formula is C13H20N6. The van der Waals surface area contributed by atoms with Gasteiger partial charge >= 0.3 is 0 Å². The summed E-state index contributed by atoms with van der Waals surface area (Å²) in [6.07, 6.45) is 5.32. The van der Waals surface area contributed by atoms with Gasteiger partial charge in [0.1, 0.15) is 5.52 Å². The van der Waals surface area contributed by atoms with E-state index in [-0.39, 0.29) is 5.95 Å². The van der Waals surface area contributed by atoms with Gasteiger partial charge in [-0.25, -0.2) is 4.98 Å². The predicted octanol–water partition coefficient (Wildman–Crippen LogP) is 2.17. The van der Waals surface area contributed by atoms with E-state index in [0.717, 1.165) is 17.3 Å². The summed E-state index contributed by atoms with van der Waals surface area (Å²) in [5.74, 6) is 2.49. The van der Waals surface area contributed by atoms with Crippen molar-refractivity contribution in [2.24, 2.45) is 11.8 Å². The summed E-state index contributed by atoms with van der Waals surface area (Å²) in [7, 11) is 0. The molecule has 19 heavy (non-hydrogen) atoms. The summed E-state index contributed by atoms with van der Waals surface area (Å²) in [5, 5.41) is 3.52. The molecule has 0 saturated heterocycles. The molecule has 3 rings (SSSR count). The van der Waals surface area contributed by atoms with Crippen LogP contribution in [0.3, 0.4) is 0 Å². The Morgan fingerprint density at radius 1 is 1.42 bits per heavy atom. The van der Waals surface area contributed by atoms with Crippen LogP contribution in [0.1, 0.15) is 33.1 Å². The summed E-state index contributed by atoms with van der Waals surface area (Å²) in [6.45, 7) is 4.58. The molecule has 1 saturated carbocycles. The maximum Gasteiger partial charge on any atom is 0.224 e. The SMILES string of the molecule is CCC1CCC(Nc2nc(N)nc3nc[nH]c23)C1C. The van der Waals surface area contributed by atoms with Gasteiger partial charge in [-0.15, -0.1) is 0 Å². The summed E-state index contributed by atoms with van der Waals surface area (Å²) < 4.78 is 0. The molecule has 0 amide bonds. The maximum absolute atomic E-state index is 5.73. The van der Waals surface area contributed by atoms with Crippen molar-refractivity contribution >= 4 is 22.9 Å². The second kappa shape index (κ2) is 4.68. The normalized spacial score (nSPS) is 26.9. The summed E-state index contributed by atoms with van der Waals surface area (Å²) in [6, 6.07) is 0.450. The number of nitrogens with one attached hydrogen (secondary N) is 2. The van der Waals surface area contributed by atoms with Gasteiger partial charge in [0, 0.05) is 6.04 Å². The Morgan fingerprint density at radius 3 is 3.00 bits per heavy atom. The van der Waals surface area contributed by atoms with Gasteiger partial charge in [0.2, 0.25) is 5.95 Å². The van der Waals surface area contributed by atoms with E-state index in [0.29, 0.717) is 17.6 Å². The Labute approximate surface area is 112 Å². The lowest BCUT2D eigenvalue weighted by atomic mass is 9.93. The van der Waals surface area contributed by atoms with Gasteiger partial charge in [-0.05, 0) is 24.7 Å². The zero-order valence-electron chi connectivity index (χ0n) is 11.3. The lowest BCUT2D eigenvalue weighted by Gasteiger charge is -2.21. The van der Waals surface area contributed by atoms with Gasteiger partial charge in [-0.3, -0.25) is 0 Å². The minimum absolute atomic E-state index is 0.264. The van der Waals surface area contributed by atoms with Gasteiger partial charge in [-0.2, -0.15) is 9.97 Å². The molecule has 2 aromatic heterocycles. The van der Waals surface area contributed by atoms with Crippen molar-refractivity contribution in [3.05, 3.63) is 6.33 Å². The molecule has 0 aliphatic heterocycles. The average Bonchev–Trinajstić information content (AvgIpc) is 2.97. The van der Waals surface area contributed by atoms with Crippen LogP contribution < -0.4 is 11.1 Å². The van der Waals surface area contributed by atoms with E-state index < -0.39 is 0 Å². The lowest BCUT2D eigenvalue weighted by molar-refractivity contribution is 0.391. The predicted molar refractivity (Wildman–Crippen MR) is 75.7 cm³/mol. The molecule has 1 aliphatic carbocycles. The molecular weight excluding hydrogens is 240 g/mol. The number of nitrogens with zero attached hydrogens (tertiary/aromatic N) is 3. The van der Waals surface area contributed by atoms with Gasteiger partial charge in [-0.1, -0.05) is 20.3 Å². The molecule has 102 valence electrons. The Kier molecular flexibility index (Phi) is 3.00. The molecule has 2 heterocycles. The monoisotopic (exact) mass is 260 g/mol. The second-order valence-electron chi connectivity index (χ2n) is 5.39.